The number of rotatable bonds is 2. The van der Waals surface area contributed by atoms with Crippen LogP contribution in [-0.4, -0.2) is 9.78 Å². The van der Waals surface area contributed by atoms with Crippen LogP contribution in [0.25, 0.3) is 0 Å². The Morgan fingerprint density at radius 3 is 3.00 bits per heavy atom. The molecule has 1 aliphatic carbocycles. The zero-order valence-corrected chi connectivity index (χ0v) is 10.3. The van der Waals surface area contributed by atoms with E-state index in [0.717, 1.165) is 12.2 Å². The van der Waals surface area contributed by atoms with E-state index in [4.69, 9.17) is 0 Å². The second-order valence-corrected chi connectivity index (χ2v) is 4.97. The van der Waals surface area contributed by atoms with Gasteiger partial charge in [0.15, 0.2) is 0 Å². The van der Waals surface area contributed by atoms with Crippen molar-refractivity contribution in [3.63, 3.8) is 0 Å². The van der Waals surface area contributed by atoms with E-state index < -0.39 is 0 Å². The van der Waals surface area contributed by atoms with Gasteiger partial charge in [0.1, 0.15) is 0 Å². The third-order valence-corrected chi connectivity index (χ3v) is 3.68. The molecule has 0 saturated heterocycles. The normalized spacial score (nSPS) is 19.0. The summed E-state index contributed by atoms with van der Waals surface area (Å²) in [7, 11) is 0. The van der Waals surface area contributed by atoms with Gasteiger partial charge in [-0.1, -0.05) is 24.3 Å². The molecule has 1 aliphatic rings. The molecule has 0 bridgehead atoms. The molecule has 1 unspecified atom stereocenters. The molecule has 3 rings (SSSR count). The minimum absolute atomic E-state index is 0.638. The third-order valence-electron chi connectivity index (χ3n) is 3.68. The third kappa shape index (κ3) is 2.12. The van der Waals surface area contributed by atoms with Gasteiger partial charge in [-0.3, -0.25) is 4.68 Å². The summed E-state index contributed by atoms with van der Waals surface area (Å²) in [6.45, 7) is 3.07. The number of aromatic nitrogens is 2. The van der Waals surface area contributed by atoms with Gasteiger partial charge >= 0.3 is 0 Å². The molecule has 0 N–H and O–H groups in total. The molecule has 1 aromatic carbocycles. The van der Waals surface area contributed by atoms with Crippen molar-refractivity contribution in [1.29, 1.82) is 0 Å². The van der Waals surface area contributed by atoms with Crippen LogP contribution in [0.15, 0.2) is 36.5 Å². The summed E-state index contributed by atoms with van der Waals surface area (Å²) in [5, 5.41) is 4.49. The summed E-state index contributed by atoms with van der Waals surface area (Å²) in [6, 6.07) is 10.9. The van der Waals surface area contributed by atoms with E-state index in [1.54, 1.807) is 0 Å². The van der Waals surface area contributed by atoms with Crippen molar-refractivity contribution >= 4 is 0 Å². The van der Waals surface area contributed by atoms with Crippen LogP contribution in [0.4, 0.5) is 0 Å². The molecule has 0 fully saturated rings. The van der Waals surface area contributed by atoms with Crippen molar-refractivity contribution in [2.24, 2.45) is 0 Å². The highest BCUT2D eigenvalue weighted by atomic mass is 15.3. The molecule has 0 amide bonds. The van der Waals surface area contributed by atoms with E-state index in [9.17, 15) is 0 Å². The van der Waals surface area contributed by atoms with Crippen LogP contribution in [0.3, 0.4) is 0 Å². The topological polar surface area (TPSA) is 17.8 Å². The molecule has 0 saturated carbocycles. The standard InChI is InChI=1S/C15H18N2/c1-12-9-10-17(16-12)11-14-7-4-6-13-5-2-3-8-15(13)14/h2-3,5,8-10,14H,4,6-7,11H2,1H3. The molecule has 1 heterocycles. The Hall–Kier alpha value is -1.57. The van der Waals surface area contributed by atoms with Crippen LogP contribution < -0.4 is 0 Å². The summed E-state index contributed by atoms with van der Waals surface area (Å²) in [5.41, 5.74) is 4.17. The Balaban J connectivity index is 1.85. The second kappa shape index (κ2) is 4.36. The predicted octanol–water partition coefficient (Wildman–Crippen LogP) is 3.31. The minimum Gasteiger partial charge on any atom is -0.272 e. The molecule has 1 atom stereocenters. The van der Waals surface area contributed by atoms with Crippen molar-refractivity contribution in [3.05, 3.63) is 53.3 Å². The fourth-order valence-electron chi connectivity index (χ4n) is 2.83. The van der Waals surface area contributed by atoms with Gasteiger partial charge in [0, 0.05) is 18.7 Å². The smallest absolute Gasteiger partial charge is 0.0593 e. The fraction of sp³-hybridized carbons (Fsp3) is 0.400. The average molecular weight is 226 g/mol. The van der Waals surface area contributed by atoms with Gasteiger partial charge in [0.2, 0.25) is 0 Å². The Labute approximate surface area is 102 Å². The number of benzene rings is 1. The van der Waals surface area contributed by atoms with E-state index in [-0.39, 0.29) is 0 Å². The van der Waals surface area contributed by atoms with Crippen molar-refractivity contribution < 1.29 is 0 Å². The first-order valence-electron chi connectivity index (χ1n) is 6.41. The summed E-state index contributed by atoms with van der Waals surface area (Å²) >= 11 is 0. The molecule has 88 valence electrons. The number of fused-ring (bicyclic) bond motifs is 1. The zero-order chi connectivity index (χ0) is 11.7. The zero-order valence-electron chi connectivity index (χ0n) is 10.3. The highest BCUT2D eigenvalue weighted by Gasteiger charge is 2.20. The lowest BCUT2D eigenvalue weighted by molar-refractivity contribution is 0.456. The van der Waals surface area contributed by atoms with Crippen molar-refractivity contribution in [1.82, 2.24) is 9.78 Å². The monoisotopic (exact) mass is 226 g/mol. The summed E-state index contributed by atoms with van der Waals surface area (Å²) < 4.78 is 2.09. The van der Waals surface area contributed by atoms with Crippen LogP contribution >= 0.6 is 0 Å². The number of hydrogen-bond donors (Lipinski definition) is 0. The van der Waals surface area contributed by atoms with Crippen LogP contribution in [-0.2, 0) is 13.0 Å². The van der Waals surface area contributed by atoms with Crippen LogP contribution in [0.5, 0.6) is 0 Å². The van der Waals surface area contributed by atoms with E-state index in [0.29, 0.717) is 5.92 Å². The van der Waals surface area contributed by atoms with Crippen LogP contribution in [0.1, 0.15) is 35.6 Å². The SMILES string of the molecule is Cc1ccn(CC2CCCc3ccccc32)n1. The summed E-state index contributed by atoms with van der Waals surface area (Å²) in [6.07, 6.45) is 5.93. The largest absolute Gasteiger partial charge is 0.272 e. The second-order valence-electron chi connectivity index (χ2n) is 4.97. The molecular weight excluding hydrogens is 208 g/mol. The van der Waals surface area contributed by atoms with E-state index >= 15 is 0 Å². The lowest BCUT2D eigenvalue weighted by Gasteiger charge is -2.25. The first kappa shape index (κ1) is 10.6. The lowest BCUT2D eigenvalue weighted by atomic mass is 9.83. The highest BCUT2D eigenvalue weighted by molar-refractivity contribution is 5.32. The Bertz CT molecular complexity index is 513. The van der Waals surface area contributed by atoms with E-state index in [1.807, 2.05) is 6.92 Å². The molecule has 0 radical (unpaired) electrons. The average Bonchev–Trinajstić information content (AvgIpc) is 2.75. The molecule has 2 heteroatoms. The molecule has 1 aromatic heterocycles. The molecule has 2 nitrogen and oxygen atoms in total. The van der Waals surface area contributed by atoms with Gasteiger partial charge < -0.3 is 0 Å². The summed E-state index contributed by atoms with van der Waals surface area (Å²) in [4.78, 5) is 0. The molecule has 17 heavy (non-hydrogen) atoms. The maximum absolute atomic E-state index is 4.49. The Morgan fingerprint density at radius 2 is 2.18 bits per heavy atom. The van der Waals surface area contributed by atoms with Gasteiger partial charge in [-0.15, -0.1) is 0 Å². The minimum atomic E-state index is 0.638. The molecular formula is C15H18N2. The highest BCUT2D eigenvalue weighted by Crippen LogP contribution is 2.32. The maximum atomic E-state index is 4.49. The Morgan fingerprint density at radius 1 is 1.29 bits per heavy atom. The van der Waals surface area contributed by atoms with Gasteiger partial charge in [-0.05, 0) is 43.4 Å². The first-order valence-corrected chi connectivity index (χ1v) is 6.41. The van der Waals surface area contributed by atoms with Crippen LogP contribution in [0, 0.1) is 6.92 Å². The van der Waals surface area contributed by atoms with Gasteiger partial charge in [-0.25, -0.2) is 0 Å². The molecule has 0 aliphatic heterocycles. The molecule has 2 aromatic rings. The van der Waals surface area contributed by atoms with Gasteiger partial charge in [-0.2, -0.15) is 5.10 Å². The summed E-state index contributed by atoms with van der Waals surface area (Å²) in [5.74, 6) is 0.638. The quantitative estimate of drug-likeness (QED) is 0.768. The first-order chi connectivity index (χ1) is 8.33. The van der Waals surface area contributed by atoms with Gasteiger partial charge in [0.25, 0.3) is 0 Å². The number of nitrogens with zero attached hydrogens (tertiary/aromatic N) is 2. The lowest BCUT2D eigenvalue weighted by Crippen LogP contribution is -2.15. The fourth-order valence-corrected chi connectivity index (χ4v) is 2.83. The van der Waals surface area contributed by atoms with Crippen LogP contribution in [0.2, 0.25) is 0 Å². The number of hydrogen-bond acceptors (Lipinski definition) is 1. The maximum Gasteiger partial charge on any atom is 0.0593 e. The van der Waals surface area contributed by atoms with E-state index in [2.05, 4.69) is 46.3 Å². The Kier molecular flexibility index (Phi) is 2.71. The van der Waals surface area contributed by atoms with Crippen molar-refractivity contribution in [2.45, 2.75) is 38.6 Å². The van der Waals surface area contributed by atoms with Gasteiger partial charge in [0.05, 0.1) is 5.69 Å². The molecule has 0 spiro atoms. The van der Waals surface area contributed by atoms with E-state index in [1.165, 1.54) is 30.4 Å². The predicted molar refractivity (Wildman–Crippen MR) is 69.1 cm³/mol. The number of aryl methyl sites for hydroxylation is 2. The van der Waals surface area contributed by atoms with Crippen molar-refractivity contribution in [3.8, 4) is 0 Å². The van der Waals surface area contributed by atoms with Crippen molar-refractivity contribution in [2.75, 3.05) is 0 Å².